The maximum absolute atomic E-state index is 12.1. The number of hydrogen-bond acceptors (Lipinski definition) is 3. The van der Waals surface area contributed by atoms with Crippen LogP contribution in [0.5, 0.6) is 11.5 Å². The Balaban J connectivity index is 1.88. The number of anilines is 1. The molecular formula is C21H26BrNO3. The highest BCUT2D eigenvalue weighted by Gasteiger charge is 2.10. The number of amides is 1. The van der Waals surface area contributed by atoms with Gasteiger partial charge >= 0.3 is 0 Å². The van der Waals surface area contributed by atoms with Crippen LogP contribution < -0.4 is 14.8 Å². The van der Waals surface area contributed by atoms with Crippen LogP contribution in [0.2, 0.25) is 0 Å². The van der Waals surface area contributed by atoms with E-state index in [0.29, 0.717) is 17.4 Å². The fourth-order valence-corrected chi connectivity index (χ4v) is 2.92. The van der Waals surface area contributed by atoms with Gasteiger partial charge in [0, 0.05) is 5.69 Å². The molecule has 0 aromatic heterocycles. The molecule has 1 unspecified atom stereocenters. The molecule has 5 heteroatoms. The second kappa shape index (κ2) is 9.62. The van der Waals surface area contributed by atoms with Crippen molar-refractivity contribution in [3.05, 3.63) is 52.5 Å². The van der Waals surface area contributed by atoms with Gasteiger partial charge in [-0.05, 0) is 84.1 Å². The third-order valence-corrected chi connectivity index (χ3v) is 4.63. The van der Waals surface area contributed by atoms with E-state index in [-0.39, 0.29) is 18.6 Å². The predicted octanol–water partition coefficient (Wildman–Crippen LogP) is 5.77. The Bertz CT molecular complexity index is 729. The standard InChI is InChI=1S/C21H26BrNO3/c1-5-15(4)16-6-11-20(19(22)12-16)25-13-21(24)23-17-7-9-18(10-8-17)26-14(2)3/h6-12,14-15H,5,13H2,1-4H3,(H,23,24). The summed E-state index contributed by atoms with van der Waals surface area (Å²) >= 11 is 3.52. The van der Waals surface area contributed by atoms with Crippen LogP contribution in [0.3, 0.4) is 0 Å². The lowest BCUT2D eigenvalue weighted by Gasteiger charge is -2.13. The van der Waals surface area contributed by atoms with Crippen LogP contribution in [0.15, 0.2) is 46.9 Å². The lowest BCUT2D eigenvalue weighted by molar-refractivity contribution is -0.118. The van der Waals surface area contributed by atoms with Gasteiger partial charge in [-0.1, -0.05) is 19.9 Å². The van der Waals surface area contributed by atoms with E-state index in [1.807, 2.05) is 50.2 Å². The maximum Gasteiger partial charge on any atom is 0.262 e. The molecule has 0 saturated heterocycles. The molecule has 0 fully saturated rings. The second-order valence-electron chi connectivity index (χ2n) is 6.53. The number of hydrogen-bond donors (Lipinski definition) is 1. The van der Waals surface area contributed by atoms with Crippen molar-refractivity contribution in [1.82, 2.24) is 0 Å². The molecule has 4 nitrogen and oxygen atoms in total. The van der Waals surface area contributed by atoms with Crippen molar-refractivity contribution < 1.29 is 14.3 Å². The zero-order valence-corrected chi connectivity index (χ0v) is 17.3. The summed E-state index contributed by atoms with van der Waals surface area (Å²) in [7, 11) is 0. The molecule has 0 spiro atoms. The third-order valence-electron chi connectivity index (χ3n) is 4.01. The van der Waals surface area contributed by atoms with Gasteiger partial charge in [-0.3, -0.25) is 4.79 Å². The number of rotatable bonds is 8. The smallest absolute Gasteiger partial charge is 0.262 e. The first kappa shape index (κ1) is 20.3. The molecule has 1 atom stereocenters. The molecule has 1 N–H and O–H groups in total. The summed E-state index contributed by atoms with van der Waals surface area (Å²) in [4.78, 5) is 12.1. The third kappa shape index (κ3) is 6.06. The van der Waals surface area contributed by atoms with Crippen molar-refractivity contribution in [1.29, 1.82) is 0 Å². The lowest BCUT2D eigenvalue weighted by Crippen LogP contribution is -2.20. The Morgan fingerprint density at radius 3 is 2.38 bits per heavy atom. The molecule has 0 heterocycles. The molecule has 1 amide bonds. The van der Waals surface area contributed by atoms with Gasteiger partial charge in [-0.15, -0.1) is 0 Å². The van der Waals surface area contributed by atoms with Crippen molar-refractivity contribution in [2.24, 2.45) is 0 Å². The van der Waals surface area contributed by atoms with E-state index in [0.717, 1.165) is 16.6 Å². The summed E-state index contributed by atoms with van der Waals surface area (Å²) in [6, 6.07) is 13.3. The van der Waals surface area contributed by atoms with E-state index in [4.69, 9.17) is 9.47 Å². The van der Waals surface area contributed by atoms with E-state index in [1.165, 1.54) is 5.56 Å². The molecule has 0 aliphatic heterocycles. The van der Waals surface area contributed by atoms with Gasteiger partial charge in [-0.25, -0.2) is 0 Å². The van der Waals surface area contributed by atoms with Gasteiger partial charge in [0.1, 0.15) is 11.5 Å². The number of carbonyl (C=O) groups excluding carboxylic acids is 1. The topological polar surface area (TPSA) is 47.6 Å². The average molecular weight is 420 g/mol. The average Bonchev–Trinajstić information content (AvgIpc) is 2.61. The number of carbonyl (C=O) groups is 1. The van der Waals surface area contributed by atoms with Gasteiger partial charge in [0.2, 0.25) is 0 Å². The predicted molar refractivity (Wildman–Crippen MR) is 109 cm³/mol. The van der Waals surface area contributed by atoms with E-state index >= 15 is 0 Å². The van der Waals surface area contributed by atoms with Crippen LogP contribution in [0.1, 0.15) is 45.6 Å². The highest BCUT2D eigenvalue weighted by atomic mass is 79.9. The highest BCUT2D eigenvalue weighted by molar-refractivity contribution is 9.10. The van der Waals surface area contributed by atoms with Crippen molar-refractivity contribution in [3.8, 4) is 11.5 Å². The van der Waals surface area contributed by atoms with Gasteiger partial charge in [0.25, 0.3) is 5.91 Å². The molecule has 0 bridgehead atoms. The van der Waals surface area contributed by atoms with Crippen molar-refractivity contribution in [2.75, 3.05) is 11.9 Å². The zero-order valence-electron chi connectivity index (χ0n) is 15.7. The minimum Gasteiger partial charge on any atom is -0.491 e. The Morgan fingerprint density at radius 1 is 1.12 bits per heavy atom. The number of benzene rings is 2. The summed E-state index contributed by atoms with van der Waals surface area (Å²) in [5.74, 6) is 1.72. The SMILES string of the molecule is CCC(C)c1ccc(OCC(=O)Nc2ccc(OC(C)C)cc2)c(Br)c1. The van der Waals surface area contributed by atoms with E-state index < -0.39 is 0 Å². The first-order valence-electron chi connectivity index (χ1n) is 8.87. The summed E-state index contributed by atoms with van der Waals surface area (Å²) in [6.45, 7) is 8.24. The number of nitrogens with one attached hydrogen (secondary N) is 1. The highest BCUT2D eigenvalue weighted by Crippen LogP contribution is 2.30. The number of ether oxygens (including phenoxy) is 2. The zero-order chi connectivity index (χ0) is 19.1. The molecule has 0 aliphatic rings. The normalized spacial score (nSPS) is 11.9. The minimum atomic E-state index is -0.208. The summed E-state index contributed by atoms with van der Waals surface area (Å²) in [5, 5.41) is 2.82. The van der Waals surface area contributed by atoms with Gasteiger partial charge < -0.3 is 14.8 Å². The molecule has 2 rings (SSSR count). The summed E-state index contributed by atoms with van der Waals surface area (Å²) in [5.41, 5.74) is 1.96. The fourth-order valence-electron chi connectivity index (χ4n) is 2.41. The first-order valence-corrected chi connectivity index (χ1v) is 9.67. The largest absolute Gasteiger partial charge is 0.491 e. The molecule has 140 valence electrons. The van der Waals surface area contributed by atoms with E-state index in [2.05, 4.69) is 41.2 Å². The number of halogens is 1. The Labute approximate surface area is 164 Å². The van der Waals surface area contributed by atoms with Gasteiger partial charge in [0.05, 0.1) is 10.6 Å². The molecule has 0 saturated carbocycles. The maximum atomic E-state index is 12.1. The Morgan fingerprint density at radius 2 is 1.81 bits per heavy atom. The van der Waals surface area contributed by atoms with E-state index in [9.17, 15) is 4.79 Å². The van der Waals surface area contributed by atoms with Crippen molar-refractivity contribution in [2.45, 2.75) is 46.1 Å². The lowest BCUT2D eigenvalue weighted by atomic mass is 9.99. The quantitative estimate of drug-likeness (QED) is 0.590. The van der Waals surface area contributed by atoms with Crippen molar-refractivity contribution >= 4 is 27.5 Å². The van der Waals surface area contributed by atoms with Crippen molar-refractivity contribution in [3.63, 3.8) is 0 Å². The van der Waals surface area contributed by atoms with Crippen LogP contribution in [0.25, 0.3) is 0 Å². The summed E-state index contributed by atoms with van der Waals surface area (Å²) < 4.78 is 12.1. The minimum absolute atomic E-state index is 0.0501. The fraction of sp³-hybridized carbons (Fsp3) is 0.381. The van der Waals surface area contributed by atoms with Crippen LogP contribution >= 0.6 is 15.9 Å². The summed E-state index contributed by atoms with van der Waals surface area (Å²) in [6.07, 6.45) is 1.20. The van der Waals surface area contributed by atoms with Crippen LogP contribution in [0, 0.1) is 0 Å². The Hall–Kier alpha value is -2.01. The Kier molecular flexibility index (Phi) is 7.51. The molecular weight excluding hydrogens is 394 g/mol. The molecule has 0 aliphatic carbocycles. The van der Waals surface area contributed by atoms with Crippen LogP contribution in [0.4, 0.5) is 5.69 Å². The monoisotopic (exact) mass is 419 g/mol. The molecule has 26 heavy (non-hydrogen) atoms. The van der Waals surface area contributed by atoms with Crippen LogP contribution in [-0.4, -0.2) is 18.6 Å². The van der Waals surface area contributed by atoms with Gasteiger partial charge in [0.15, 0.2) is 6.61 Å². The molecule has 0 radical (unpaired) electrons. The molecule has 2 aromatic rings. The van der Waals surface area contributed by atoms with Gasteiger partial charge in [-0.2, -0.15) is 0 Å². The van der Waals surface area contributed by atoms with E-state index in [1.54, 1.807) is 0 Å². The van der Waals surface area contributed by atoms with Crippen LogP contribution in [-0.2, 0) is 4.79 Å². The second-order valence-corrected chi connectivity index (χ2v) is 7.38. The first-order chi connectivity index (χ1) is 12.4. The molecule has 2 aromatic carbocycles.